The number of hydrogen-bond acceptors (Lipinski definition) is 3. The Hall–Kier alpha value is -0.140. The van der Waals surface area contributed by atoms with Gasteiger partial charge in [-0.3, -0.25) is 4.79 Å². The Morgan fingerprint density at radius 2 is 2.40 bits per heavy atom. The van der Waals surface area contributed by atoms with Crippen molar-refractivity contribution in [1.29, 1.82) is 0 Å². The summed E-state index contributed by atoms with van der Waals surface area (Å²) in [4.78, 5) is 13.8. The van der Waals surface area contributed by atoms with Gasteiger partial charge in [-0.15, -0.1) is 11.3 Å². The summed E-state index contributed by atoms with van der Waals surface area (Å²) in [5, 5.41) is 1.90. The monoisotopic (exact) mass is 339 g/mol. The first kappa shape index (κ1) is 12.9. The normalized spacial score (nSPS) is 10.3. The lowest BCUT2D eigenvalue weighted by atomic mass is 10.3. The van der Waals surface area contributed by atoms with Crippen LogP contribution in [0.3, 0.4) is 0 Å². The number of carbonyl (C=O) groups excluding carboxylic acids is 1. The number of halogens is 1. The summed E-state index contributed by atoms with van der Waals surface area (Å²) in [6.07, 6.45) is 0. The van der Waals surface area contributed by atoms with Gasteiger partial charge in [0.05, 0.1) is 15.1 Å². The van der Waals surface area contributed by atoms with Gasteiger partial charge in [0.25, 0.3) is 5.91 Å². The first-order valence-corrected chi connectivity index (χ1v) is 6.67. The minimum Gasteiger partial charge on any atom is -0.383 e. The van der Waals surface area contributed by atoms with Gasteiger partial charge in [-0.05, 0) is 35.6 Å². The molecule has 0 fully saturated rings. The maximum absolute atomic E-state index is 12.0. The van der Waals surface area contributed by atoms with Crippen LogP contribution in [0.4, 0.5) is 0 Å². The minimum absolute atomic E-state index is 0.0914. The van der Waals surface area contributed by atoms with Gasteiger partial charge in [0.15, 0.2) is 0 Å². The molecule has 0 atom stereocenters. The number of thiophene rings is 1. The van der Waals surface area contributed by atoms with Gasteiger partial charge < -0.3 is 9.64 Å². The zero-order chi connectivity index (χ0) is 11.3. The molecule has 0 aliphatic rings. The number of hydrogen-bond donors (Lipinski definition) is 0. The molecule has 1 heterocycles. The molecule has 0 saturated carbocycles. The highest BCUT2D eigenvalue weighted by molar-refractivity contribution is 14.1. The van der Waals surface area contributed by atoms with E-state index in [4.69, 9.17) is 4.74 Å². The summed E-state index contributed by atoms with van der Waals surface area (Å²) in [6.45, 7) is 3.93. The van der Waals surface area contributed by atoms with Gasteiger partial charge in [-0.1, -0.05) is 0 Å². The predicted molar refractivity (Wildman–Crippen MR) is 70.5 cm³/mol. The van der Waals surface area contributed by atoms with E-state index in [1.54, 1.807) is 23.3 Å². The summed E-state index contributed by atoms with van der Waals surface area (Å²) in [6, 6.07) is 1.92. The molecule has 0 radical (unpaired) electrons. The highest BCUT2D eigenvalue weighted by Crippen LogP contribution is 2.17. The average Bonchev–Trinajstić information content (AvgIpc) is 2.65. The molecular weight excluding hydrogens is 325 g/mol. The molecule has 5 heteroatoms. The smallest absolute Gasteiger partial charge is 0.254 e. The molecule has 1 aromatic rings. The average molecular weight is 339 g/mol. The number of ether oxygens (including phenoxy) is 1. The molecule has 0 aliphatic carbocycles. The second-order valence-corrected chi connectivity index (χ2v) is 5.82. The molecule has 3 nitrogen and oxygen atoms in total. The first-order chi connectivity index (χ1) is 7.19. The number of carbonyl (C=O) groups is 1. The van der Waals surface area contributed by atoms with E-state index < -0.39 is 0 Å². The lowest BCUT2D eigenvalue weighted by molar-refractivity contribution is 0.0707. The molecule has 0 saturated heterocycles. The molecule has 0 unspecified atom stereocenters. The second kappa shape index (κ2) is 6.44. The first-order valence-electron chi connectivity index (χ1n) is 4.71. The van der Waals surface area contributed by atoms with Crippen LogP contribution in [-0.4, -0.2) is 37.6 Å². The van der Waals surface area contributed by atoms with Crippen molar-refractivity contribution in [1.82, 2.24) is 4.90 Å². The predicted octanol–water partition coefficient (Wildman–Crippen LogP) is 2.46. The molecule has 0 N–H and O–H groups in total. The molecule has 0 bridgehead atoms. The van der Waals surface area contributed by atoms with Crippen LogP contribution in [-0.2, 0) is 4.74 Å². The second-order valence-electron chi connectivity index (χ2n) is 3.02. The fourth-order valence-corrected chi connectivity index (χ4v) is 2.53. The highest BCUT2D eigenvalue weighted by Gasteiger charge is 2.14. The zero-order valence-corrected chi connectivity index (χ0v) is 11.8. The summed E-state index contributed by atoms with van der Waals surface area (Å²) >= 11 is 3.81. The van der Waals surface area contributed by atoms with Gasteiger partial charge in [0.1, 0.15) is 0 Å². The van der Waals surface area contributed by atoms with E-state index in [0.29, 0.717) is 19.7 Å². The van der Waals surface area contributed by atoms with E-state index in [0.717, 1.165) is 8.45 Å². The minimum atomic E-state index is 0.0914. The molecule has 84 valence electrons. The van der Waals surface area contributed by atoms with Crippen molar-refractivity contribution in [3.63, 3.8) is 0 Å². The molecule has 0 aliphatic heterocycles. The van der Waals surface area contributed by atoms with Crippen molar-refractivity contribution < 1.29 is 9.53 Å². The van der Waals surface area contributed by atoms with Crippen LogP contribution in [0.25, 0.3) is 0 Å². The number of methoxy groups -OCH3 is 1. The number of rotatable bonds is 5. The Balaban J connectivity index is 2.64. The van der Waals surface area contributed by atoms with Gasteiger partial charge >= 0.3 is 0 Å². The fraction of sp³-hybridized carbons (Fsp3) is 0.500. The molecule has 15 heavy (non-hydrogen) atoms. The van der Waals surface area contributed by atoms with E-state index in [1.165, 1.54) is 0 Å². The third kappa shape index (κ3) is 3.73. The van der Waals surface area contributed by atoms with Crippen LogP contribution in [0, 0.1) is 2.88 Å². The largest absolute Gasteiger partial charge is 0.383 e. The van der Waals surface area contributed by atoms with Crippen LogP contribution < -0.4 is 0 Å². The fourth-order valence-electron chi connectivity index (χ4n) is 1.21. The molecule has 1 aromatic heterocycles. The van der Waals surface area contributed by atoms with Crippen molar-refractivity contribution in [3.05, 3.63) is 19.9 Å². The maximum Gasteiger partial charge on any atom is 0.254 e. The lowest BCUT2D eigenvalue weighted by Gasteiger charge is -2.19. The summed E-state index contributed by atoms with van der Waals surface area (Å²) in [5.41, 5.74) is 0.780. The number of likely N-dealkylation sites (N-methyl/N-ethyl adjacent to an activating group) is 1. The zero-order valence-electron chi connectivity index (χ0n) is 8.83. The van der Waals surface area contributed by atoms with E-state index in [9.17, 15) is 4.79 Å². The van der Waals surface area contributed by atoms with Crippen molar-refractivity contribution in [2.45, 2.75) is 6.92 Å². The molecule has 0 aromatic carbocycles. The van der Waals surface area contributed by atoms with Crippen molar-refractivity contribution in [2.75, 3.05) is 26.8 Å². The number of amides is 1. The third-order valence-electron chi connectivity index (χ3n) is 2.05. The summed E-state index contributed by atoms with van der Waals surface area (Å²) < 4.78 is 6.11. The molecule has 1 amide bonds. The van der Waals surface area contributed by atoms with E-state index in [2.05, 4.69) is 22.6 Å². The van der Waals surface area contributed by atoms with Gasteiger partial charge in [0.2, 0.25) is 0 Å². The Labute approximate surface area is 108 Å². The van der Waals surface area contributed by atoms with Crippen LogP contribution in [0.15, 0.2) is 11.4 Å². The Bertz CT molecular complexity index is 327. The van der Waals surface area contributed by atoms with Crippen molar-refractivity contribution in [2.24, 2.45) is 0 Å². The molecule has 1 rings (SSSR count). The summed E-state index contributed by atoms with van der Waals surface area (Å²) in [5.74, 6) is 0.0914. The van der Waals surface area contributed by atoms with Crippen LogP contribution in [0.2, 0.25) is 0 Å². The standard InChI is InChI=1S/C10H14INO2S/c1-3-12(4-5-14-2)10(13)8-6-9(11)15-7-8/h6-7H,3-5H2,1-2H3. The Morgan fingerprint density at radius 1 is 1.67 bits per heavy atom. The number of nitrogens with zero attached hydrogens (tertiary/aromatic N) is 1. The Kier molecular flexibility index (Phi) is 5.55. The van der Waals surface area contributed by atoms with E-state index in [-0.39, 0.29) is 5.91 Å². The van der Waals surface area contributed by atoms with Crippen LogP contribution in [0.1, 0.15) is 17.3 Å². The highest BCUT2D eigenvalue weighted by atomic mass is 127. The molecular formula is C10H14INO2S. The maximum atomic E-state index is 12.0. The van der Waals surface area contributed by atoms with Crippen LogP contribution >= 0.6 is 33.9 Å². The van der Waals surface area contributed by atoms with Crippen molar-refractivity contribution in [3.8, 4) is 0 Å². The van der Waals surface area contributed by atoms with Gasteiger partial charge in [-0.25, -0.2) is 0 Å². The van der Waals surface area contributed by atoms with Gasteiger partial charge in [-0.2, -0.15) is 0 Å². The van der Waals surface area contributed by atoms with Crippen molar-refractivity contribution >= 4 is 39.8 Å². The van der Waals surface area contributed by atoms with Gasteiger partial charge in [0, 0.05) is 25.6 Å². The SMILES string of the molecule is CCN(CCOC)C(=O)c1csc(I)c1. The summed E-state index contributed by atoms with van der Waals surface area (Å²) in [7, 11) is 1.64. The lowest BCUT2D eigenvalue weighted by Crippen LogP contribution is -2.33. The van der Waals surface area contributed by atoms with Crippen LogP contribution in [0.5, 0.6) is 0 Å². The quantitative estimate of drug-likeness (QED) is 0.772. The third-order valence-corrected chi connectivity index (χ3v) is 3.84. The Morgan fingerprint density at radius 3 is 2.87 bits per heavy atom. The topological polar surface area (TPSA) is 29.5 Å². The van der Waals surface area contributed by atoms with E-state index >= 15 is 0 Å². The molecule has 0 spiro atoms. The van der Waals surface area contributed by atoms with E-state index in [1.807, 2.05) is 18.4 Å².